The molecule has 0 unspecified atom stereocenters. The van der Waals surface area contributed by atoms with Gasteiger partial charge in [0.15, 0.2) is 0 Å². The molecule has 8 heteroatoms. The molecule has 6 nitrogen and oxygen atoms in total. The number of piperidine rings is 1. The minimum absolute atomic E-state index is 0.101. The number of alkyl halides is 2. The van der Waals surface area contributed by atoms with Crippen molar-refractivity contribution in [2.45, 2.75) is 57.0 Å². The van der Waals surface area contributed by atoms with Crippen LogP contribution in [0.1, 0.15) is 44.6 Å². The van der Waals surface area contributed by atoms with E-state index in [2.05, 4.69) is 27.6 Å². The molecule has 0 aromatic carbocycles. The molecule has 3 heterocycles. The van der Waals surface area contributed by atoms with Crippen molar-refractivity contribution >= 4 is 11.9 Å². The lowest BCUT2D eigenvalue weighted by Crippen LogP contribution is -2.50. The van der Waals surface area contributed by atoms with E-state index in [4.69, 9.17) is 0 Å². The van der Waals surface area contributed by atoms with E-state index in [-0.39, 0.29) is 17.9 Å². The topological polar surface area (TPSA) is 63.1 Å². The number of hydrogen-bond donors (Lipinski definition) is 1. The number of nitrogens with one attached hydrogen (secondary N) is 1. The van der Waals surface area contributed by atoms with E-state index >= 15 is 0 Å². The molecule has 29 heavy (non-hydrogen) atoms. The standard InChI is InChI=1S/C21H27F2N5O/c22-18(23)17-9-16(26-20-24-11-25-28(17)20)12-2-1-7-27(10-12)19(29)14-8-13-3-4-15(14)21(13)5-6-21/h3-4,11-18H,1-2,5-10H2,(H,24,25,26)/t12-,13-,14-,15-,16+,17-/m1/s1. The van der Waals surface area contributed by atoms with Crippen LogP contribution in [0, 0.1) is 29.1 Å². The lowest BCUT2D eigenvalue weighted by Gasteiger charge is -2.41. The molecule has 1 spiro atoms. The van der Waals surface area contributed by atoms with Gasteiger partial charge < -0.3 is 10.2 Å². The minimum Gasteiger partial charge on any atom is -0.351 e. The number of carbonyl (C=O) groups is 1. The second kappa shape index (κ2) is 6.25. The first kappa shape index (κ1) is 17.8. The average molecular weight is 403 g/mol. The van der Waals surface area contributed by atoms with Gasteiger partial charge in [0.05, 0.1) is 0 Å². The fourth-order valence-corrected chi connectivity index (χ4v) is 6.73. The molecule has 5 aliphatic rings. The summed E-state index contributed by atoms with van der Waals surface area (Å²) < 4.78 is 28.5. The van der Waals surface area contributed by atoms with E-state index in [1.165, 1.54) is 23.9 Å². The second-order valence-corrected chi connectivity index (χ2v) is 9.70. The molecular formula is C21H27F2N5O. The third kappa shape index (κ3) is 2.60. The molecule has 1 aromatic rings. The Hall–Kier alpha value is -1.99. The second-order valence-electron chi connectivity index (χ2n) is 9.70. The lowest BCUT2D eigenvalue weighted by atomic mass is 9.84. The molecule has 6 atom stereocenters. The van der Waals surface area contributed by atoms with Gasteiger partial charge in [0.2, 0.25) is 11.9 Å². The number of hydrogen-bond acceptors (Lipinski definition) is 4. The third-order valence-electron chi connectivity index (χ3n) is 8.37. The van der Waals surface area contributed by atoms with Crippen LogP contribution in [-0.4, -0.2) is 51.1 Å². The first-order chi connectivity index (χ1) is 14.1. The van der Waals surface area contributed by atoms with Gasteiger partial charge >= 0.3 is 0 Å². The van der Waals surface area contributed by atoms with Crippen molar-refractivity contribution in [2.24, 2.45) is 29.1 Å². The van der Waals surface area contributed by atoms with Crippen molar-refractivity contribution in [3.05, 3.63) is 18.5 Å². The molecule has 2 saturated carbocycles. The molecule has 156 valence electrons. The molecule has 0 radical (unpaired) electrons. The highest BCUT2D eigenvalue weighted by Gasteiger charge is 2.64. The third-order valence-corrected chi connectivity index (χ3v) is 8.37. The summed E-state index contributed by atoms with van der Waals surface area (Å²) in [5, 5.41) is 7.29. The van der Waals surface area contributed by atoms with E-state index in [0.29, 0.717) is 42.1 Å². The van der Waals surface area contributed by atoms with Crippen LogP contribution in [0.25, 0.3) is 0 Å². The summed E-state index contributed by atoms with van der Waals surface area (Å²) in [6.07, 6.45) is 9.23. The summed E-state index contributed by atoms with van der Waals surface area (Å²) >= 11 is 0. The Kier molecular flexibility index (Phi) is 3.84. The fraction of sp³-hybridized carbons (Fsp3) is 0.762. The summed E-state index contributed by atoms with van der Waals surface area (Å²) in [6.45, 7) is 1.45. The zero-order valence-corrected chi connectivity index (χ0v) is 16.4. The van der Waals surface area contributed by atoms with Crippen LogP contribution >= 0.6 is 0 Å². The van der Waals surface area contributed by atoms with Gasteiger partial charge in [0.25, 0.3) is 6.43 Å². The normalized spacial score (nSPS) is 39.1. The van der Waals surface area contributed by atoms with Crippen LogP contribution < -0.4 is 5.32 Å². The molecular weight excluding hydrogens is 376 g/mol. The van der Waals surface area contributed by atoms with Crippen LogP contribution in [0.5, 0.6) is 0 Å². The summed E-state index contributed by atoms with van der Waals surface area (Å²) in [4.78, 5) is 19.5. The van der Waals surface area contributed by atoms with Crippen molar-refractivity contribution in [3.63, 3.8) is 0 Å². The van der Waals surface area contributed by atoms with Crippen molar-refractivity contribution in [1.29, 1.82) is 0 Å². The Labute approximate surface area is 168 Å². The number of carbonyl (C=O) groups excluding carboxylic acids is 1. The monoisotopic (exact) mass is 403 g/mol. The Morgan fingerprint density at radius 3 is 2.90 bits per heavy atom. The number of halogens is 2. The molecule has 1 aromatic heterocycles. The molecule has 6 rings (SSSR count). The van der Waals surface area contributed by atoms with Crippen LogP contribution in [0.3, 0.4) is 0 Å². The smallest absolute Gasteiger partial charge is 0.260 e. The van der Waals surface area contributed by atoms with Gasteiger partial charge in [-0.3, -0.25) is 4.79 Å². The molecule has 3 fully saturated rings. The molecule has 3 aliphatic carbocycles. The SMILES string of the molecule is O=C([C@@H]1C[C@H]2C=C[C@H]1C21CC1)N1CCC[C@@H]([C@@H]2C[C@H](C(F)F)n3ncnc3N2)C1. The van der Waals surface area contributed by atoms with Gasteiger partial charge in [-0.15, -0.1) is 0 Å². The quantitative estimate of drug-likeness (QED) is 0.788. The van der Waals surface area contributed by atoms with E-state index in [0.717, 1.165) is 25.8 Å². The van der Waals surface area contributed by atoms with Gasteiger partial charge in [0.1, 0.15) is 12.4 Å². The zero-order valence-electron chi connectivity index (χ0n) is 16.4. The summed E-state index contributed by atoms with van der Waals surface area (Å²) in [6, 6.07) is -1.05. The number of fused-ring (bicyclic) bond motifs is 1. The Balaban J connectivity index is 1.17. The number of rotatable bonds is 3. The average Bonchev–Trinajstić information content (AvgIpc) is 3.14. The van der Waals surface area contributed by atoms with Gasteiger partial charge in [-0.05, 0) is 61.7 Å². The number of aromatic nitrogens is 3. The Bertz CT molecular complexity index is 850. The van der Waals surface area contributed by atoms with E-state index in [1.807, 2.05) is 4.90 Å². The predicted octanol–water partition coefficient (Wildman–Crippen LogP) is 3.11. The maximum absolute atomic E-state index is 13.6. The van der Waals surface area contributed by atoms with Crippen LogP contribution in [-0.2, 0) is 4.79 Å². The van der Waals surface area contributed by atoms with Crippen LogP contribution in [0.4, 0.5) is 14.7 Å². The van der Waals surface area contributed by atoms with E-state index < -0.39 is 12.5 Å². The van der Waals surface area contributed by atoms with Crippen molar-refractivity contribution < 1.29 is 13.6 Å². The highest BCUT2D eigenvalue weighted by Crippen LogP contribution is 2.70. The predicted molar refractivity (Wildman–Crippen MR) is 102 cm³/mol. The number of nitrogens with zero attached hydrogens (tertiary/aromatic N) is 4. The fourth-order valence-electron chi connectivity index (χ4n) is 6.73. The van der Waals surface area contributed by atoms with E-state index in [9.17, 15) is 13.6 Å². The number of anilines is 1. The van der Waals surface area contributed by atoms with Gasteiger partial charge in [-0.2, -0.15) is 10.1 Å². The first-order valence-electron chi connectivity index (χ1n) is 11.0. The van der Waals surface area contributed by atoms with Gasteiger partial charge in [-0.25, -0.2) is 13.5 Å². The van der Waals surface area contributed by atoms with Crippen LogP contribution in [0.15, 0.2) is 18.5 Å². The molecule has 1 saturated heterocycles. The number of amides is 1. The minimum atomic E-state index is -2.48. The maximum Gasteiger partial charge on any atom is 0.260 e. The van der Waals surface area contributed by atoms with Crippen LogP contribution in [0.2, 0.25) is 0 Å². The molecule has 2 bridgehead atoms. The highest BCUT2D eigenvalue weighted by atomic mass is 19.3. The lowest BCUT2D eigenvalue weighted by molar-refractivity contribution is -0.138. The van der Waals surface area contributed by atoms with Crippen molar-refractivity contribution in [2.75, 3.05) is 18.4 Å². The summed E-state index contributed by atoms with van der Waals surface area (Å²) in [7, 11) is 0. The largest absolute Gasteiger partial charge is 0.351 e. The van der Waals surface area contributed by atoms with Gasteiger partial charge in [-0.1, -0.05) is 12.2 Å². The highest BCUT2D eigenvalue weighted by molar-refractivity contribution is 5.80. The molecule has 1 N–H and O–H groups in total. The number of likely N-dealkylation sites (tertiary alicyclic amines) is 1. The molecule has 1 amide bonds. The first-order valence-corrected chi connectivity index (χ1v) is 11.0. The maximum atomic E-state index is 13.6. The zero-order chi connectivity index (χ0) is 19.8. The van der Waals surface area contributed by atoms with Crippen molar-refractivity contribution in [3.8, 4) is 0 Å². The Morgan fingerprint density at radius 2 is 2.14 bits per heavy atom. The number of allylic oxidation sites excluding steroid dienone is 2. The van der Waals surface area contributed by atoms with Gasteiger partial charge in [0, 0.05) is 25.0 Å². The Morgan fingerprint density at radius 1 is 1.28 bits per heavy atom. The summed E-state index contributed by atoms with van der Waals surface area (Å²) in [5.74, 6) is 2.03. The van der Waals surface area contributed by atoms with Crippen molar-refractivity contribution in [1.82, 2.24) is 19.7 Å². The molecule has 2 aliphatic heterocycles. The van der Waals surface area contributed by atoms with E-state index in [1.54, 1.807) is 0 Å². The summed E-state index contributed by atoms with van der Waals surface area (Å²) in [5.41, 5.74) is 0.412.